The lowest BCUT2D eigenvalue weighted by molar-refractivity contribution is -0.129. The Hall–Kier alpha value is -3.73. The molecule has 0 bridgehead atoms. The first-order chi connectivity index (χ1) is 19.7. The minimum Gasteiger partial charge on any atom is -0.352 e. The Balaban J connectivity index is 1.16. The van der Waals surface area contributed by atoms with E-state index in [-0.39, 0.29) is 36.4 Å². The first kappa shape index (κ1) is 28.8. The Bertz CT molecular complexity index is 1430. The lowest BCUT2D eigenvalue weighted by Crippen LogP contribution is -2.48. The van der Waals surface area contributed by atoms with Crippen molar-refractivity contribution in [1.82, 2.24) is 20.2 Å². The zero-order valence-corrected chi connectivity index (χ0v) is 22.7. The fourth-order valence-corrected chi connectivity index (χ4v) is 5.70. The van der Waals surface area contributed by atoms with Crippen molar-refractivity contribution in [2.75, 3.05) is 5.32 Å². The lowest BCUT2D eigenvalue weighted by Gasteiger charge is -2.36. The second-order valence-corrected chi connectivity index (χ2v) is 10.9. The van der Waals surface area contributed by atoms with Gasteiger partial charge in [-0.2, -0.15) is 0 Å². The first-order valence-corrected chi connectivity index (χ1v) is 14.0. The molecule has 3 N–H and O–H groups in total. The Morgan fingerprint density at radius 3 is 2.61 bits per heavy atom. The highest BCUT2D eigenvalue weighted by molar-refractivity contribution is 5.94. The van der Waals surface area contributed by atoms with E-state index in [1.165, 1.54) is 12.1 Å². The SMILES string of the molecule is CCC[C@H](N[C@H]1CCc2cc(F)cc(F)c2C1)C(=O)Nc1cn(C2CCC2C(=O)NCc2ccc(F)c(F)c2)cn1. The standard InChI is InChI=1S/C30H33F4N5O2/c1-2-3-26(37-20-6-5-18-11-19(31)12-24(33)22(18)13-20)30(41)38-28-15-39(16-36-28)27-9-7-21(27)29(40)35-14-17-4-8-23(32)25(34)10-17/h4,8,10-12,15-16,20-21,26-27,37H,2-3,5-7,9,13-14H2,1H3,(H,35,40)(H,38,41)/t20-,21?,26-,27?/m0/s1. The van der Waals surface area contributed by atoms with Crippen LogP contribution in [-0.2, 0) is 29.0 Å². The summed E-state index contributed by atoms with van der Waals surface area (Å²) in [6.07, 6.45) is 7.62. The third-order valence-electron chi connectivity index (χ3n) is 8.06. The van der Waals surface area contributed by atoms with E-state index in [1.807, 2.05) is 11.5 Å². The number of amides is 2. The molecule has 5 rings (SSSR count). The van der Waals surface area contributed by atoms with Gasteiger partial charge in [0.15, 0.2) is 17.5 Å². The van der Waals surface area contributed by atoms with Gasteiger partial charge in [-0.05, 0) is 73.4 Å². The maximum atomic E-state index is 14.4. The van der Waals surface area contributed by atoms with Crippen LogP contribution in [0.4, 0.5) is 23.4 Å². The van der Waals surface area contributed by atoms with Gasteiger partial charge in [0.2, 0.25) is 11.8 Å². The van der Waals surface area contributed by atoms with Crippen LogP contribution in [0.15, 0.2) is 42.9 Å². The molecule has 2 unspecified atom stereocenters. The molecule has 2 aliphatic rings. The molecule has 0 spiro atoms. The smallest absolute Gasteiger partial charge is 0.242 e. The largest absolute Gasteiger partial charge is 0.352 e. The third-order valence-corrected chi connectivity index (χ3v) is 8.06. The number of halogens is 4. The summed E-state index contributed by atoms with van der Waals surface area (Å²) in [5.74, 6) is -3.42. The molecular formula is C30H33F4N5O2. The summed E-state index contributed by atoms with van der Waals surface area (Å²) in [4.78, 5) is 30.2. The average Bonchev–Trinajstić information content (AvgIpc) is 3.36. The molecule has 4 atom stereocenters. The van der Waals surface area contributed by atoms with Gasteiger partial charge in [-0.15, -0.1) is 0 Å². The monoisotopic (exact) mass is 571 g/mol. The number of carbonyl (C=O) groups excluding carboxylic acids is 2. The molecule has 1 fully saturated rings. The maximum absolute atomic E-state index is 14.4. The van der Waals surface area contributed by atoms with E-state index < -0.39 is 29.3 Å². The van der Waals surface area contributed by atoms with E-state index in [0.29, 0.717) is 54.6 Å². The third kappa shape index (κ3) is 6.61. The van der Waals surface area contributed by atoms with Crippen LogP contribution in [0.3, 0.4) is 0 Å². The summed E-state index contributed by atoms with van der Waals surface area (Å²) in [7, 11) is 0. The number of fused-ring (bicyclic) bond motifs is 1. The van der Waals surface area contributed by atoms with Crippen molar-refractivity contribution in [3.05, 3.63) is 82.8 Å². The molecule has 11 heteroatoms. The van der Waals surface area contributed by atoms with E-state index >= 15 is 0 Å². The van der Waals surface area contributed by atoms with Crippen LogP contribution in [0.5, 0.6) is 0 Å². The molecule has 1 saturated carbocycles. The normalized spacial score (nSPS) is 20.6. The maximum Gasteiger partial charge on any atom is 0.242 e. The molecule has 0 aliphatic heterocycles. The first-order valence-electron chi connectivity index (χ1n) is 14.0. The van der Waals surface area contributed by atoms with Crippen molar-refractivity contribution >= 4 is 17.6 Å². The van der Waals surface area contributed by atoms with Crippen molar-refractivity contribution < 1.29 is 27.2 Å². The molecule has 0 saturated heterocycles. The van der Waals surface area contributed by atoms with Gasteiger partial charge in [-0.25, -0.2) is 22.5 Å². The minimum absolute atomic E-state index is 0.0897. The highest BCUT2D eigenvalue weighted by Crippen LogP contribution is 2.39. The summed E-state index contributed by atoms with van der Waals surface area (Å²) in [6.45, 7) is 2.07. The number of nitrogens with one attached hydrogen (secondary N) is 3. The summed E-state index contributed by atoms with van der Waals surface area (Å²) in [5, 5.41) is 9.00. The Morgan fingerprint density at radius 2 is 1.88 bits per heavy atom. The number of imidazole rings is 1. The van der Waals surface area contributed by atoms with Gasteiger partial charge in [-0.1, -0.05) is 19.4 Å². The number of benzene rings is 2. The number of anilines is 1. The molecule has 2 aliphatic carbocycles. The molecule has 3 aromatic rings. The quantitative estimate of drug-likeness (QED) is 0.300. The fraction of sp³-hybridized carbons (Fsp3) is 0.433. The number of aromatic nitrogens is 2. The molecule has 7 nitrogen and oxygen atoms in total. The van der Waals surface area contributed by atoms with Crippen LogP contribution in [-0.4, -0.2) is 33.4 Å². The van der Waals surface area contributed by atoms with Crippen LogP contribution in [0.2, 0.25) is 0 Å². The molecule has 1 heterocycles. The molecule has 2 amide bonds. The number of carbonyl (C=O) groups is 2. The lowest BCUT2D eigenvalue weighted by atomic mass is 9.78. The van der Waals surface area contributed by atoms with Gasteiger partial charge >= 0.3 is 0 Å². The van der Waals surface area contributed by atoms with Crippen molar-refractivity contribution in [2.24, 2.45) is 5.92 Å². The van der Waals surface area contributed by atoms with Crippen LogP contribution < -0.4 is 16.0 Å². The van der Waals surface area contributed by atoms with Gasteiger partial charge in [-0.3, -0.25) is 9.59 Å². The summed E-state index contributed by atoms with van der Waals surface area (Å²) in [6, 6.07) is 5.02. The second-order valence-electron chi connectivity index (χ2n) is 10.9. The van der Waals surface area contributed by atoms with E-state index in [1.54, 1.807) is 12.5 Å². The van der Waals surface area contributed by atoms with Gasteiger partial charge in [0.1, 0.15) is 11.6 Å². The zero-order chi connectivity index (χ0) is 29.1. The van der Waals surface area contributed by atoms with Crippen LogP contribution in [0.1, 0.15) is 61.8 Å². The van der Waals surface area contributed by atoms with Gasteiger partial charge < -0.3 is 20.5 Å². The van der Waals surface area contributed by atoms with E-state index in [4.69, 9.17) is 0 Å². The Kier molecular flexibility index (Phi) is 8.72. The van der Waals surface area contributed by atoms with Gasteiger partial charge in [0.25, 0.3) is 0 Å². The topological polar surface area (TPSA) is 88.0 Å². The Morgan fingerprint density at radius 1 is 1.05 bits per heavy atom. The molecule has 2 aromatic carbocycles. The van der Waals surface area contributed by atoms with E-state index in [2.05, 4.69) is 20.9 Å². The number of aryl methyl sites for hydroxylation is 1. The molecular weight excluding hydrogens is 538 g/mol. The molecule has 0 radical (unpaired) electrons. The Labute approximate surface area is 235 Å². The van der Waals surface area contributed by atoms with E-state index in [0.717, 1.165) is 31.0 Å². The van der Waals surface area contributed by atoms with Crippen molar-refractivity contribution in [3.63, 3.8) is 0 Å². The van der Waals surface area contributed by atoms with E-state index in [9.17, 15) is 27.2 Å². The summed E-state index contributed by atoms with van der Waals surface area (Å²) >= 11 is 0. The fourth-order valence-electron chi connectivity index (χ4n) is 5.70. The molecule has 218 valence electrons. The predicted octanol–water partition coefficient (Wildman–Crippen LogP) is 4.96. The number of rotatable bonds is 10. The summed E-state index contributed by atoms with van der Waals surface area (Å²) in [5.41, 5.74) is 1.64. The minimum atomic E-state index is -0.961. The van der Waals surface area contributed by atoms with Crippen LogP contribution >= 0.6 is 0 Å². The van der Waals surface area contributed by atoms with Gasteiger partial charge in [0, 0.05) is 30.9 Å². The predicted molar refractivity (Wildman–Crippen MR) is 145 cm³/mol. The number of hydrogen-bond donors (Lipinski definition) is 3. The van der Waals surface area contributed by atoms with Crippen molar-refractivity contribution in [2.45, 2.75) is 76.5 Å². The van der Waals surface area contributed by atoms with Gasteiger partial charge in [0.05, 0.1) is 18.3 Å². The highest BCUT2D eigenvalue weighted by atomic mass is 19.2. The van der Waals surface area contributed by atoms with Crippen molar-refractivity contribution in [3.8, 4) is 0 Å². The second kappa shape index (κ2) is 12.4. The number of nitrogens with zero attached hydrogens (tertiary/aromatic N) is 2. The molecule has 1 aromatic heterocycles. The van der Waals surface area contributed by atoms with Crippen LogP contribution in [0, 0.1) is 29.2 Å². The van der Waals surface area contributed by atoms with Crippen LogP contribution in [0.25, 0.3) is 0 Å². The van der Waals surface area contributed by atoms with Crippen molar-refractivity contribution in [1.29, 1.82) is 0 Å². The average molecular weight is 572 g/mol. The molecule has 41 heavy (non-hydrogen) atoms. The zero-order valence-electron chi connectivity index (χ0n) is 22.7. The summed E-state index contributed by atoms with van der Waals surface area (Å²) < 4.78 is 56.3. The number of hydrogen-bond acceptors (Lipinski definition) is 4. The highest BCUT2D eigenvalue weighted by Gasteiger charge is 2.38.